The van der Waals surface area contributed by atoms with Crippen LogP contribution in [0.3, 0.4) is 0 Å². The van der Waals surface area contributed by atoms with Crippen LogP contribution in [0, 0.1) is 5.82 Å². The van der Waals surface area contributed by atoms with Gasteiger partial charge in [0.25, 0.3) is 0 Å². The van der Waals surface area contributed by atoms with Crippen LogP contribution in [-0.2, 0) is 15.9 Å². The van der Waals surface area contributed by atoms with Gasteiger partial charge >= 0.3 is 10.1 Å². The summed E-state index contributed by atoms with van der Waals surface area (Å²) in [5.41, 5.74) is 6.43. The molecule has 138 valence electrons. The van der Waals surface area contributed by atoms with Crippen molar-refractivity contribution in [2.45, 2.75) is 5.75 Å². The van der Waals surface area contributed by atoms with Crippen molar-refractivity contribution in [2.75, 3.05) is 35.5 Å². The average molecular weight is 427 g/mol. The fraction of sp³-hybridized carbons (Fsp3) is 0.333. The van der Waals surface area contributed by atoms with Crippen molar-refractivity contribution in [2.24, 2.45) is 0 Å². The minimum atomic E-state index is -3.95. The van der Waals surface area contributed by atoms with Crippen LogP contribution in [0.5, 0.6) is 5.75 Å². The van der Waals surface area contributed by atoms with Crippen LogP contribution < -0.4 is 14.8 Å². The number of hydrogen-bond donors (Lipinski definition) is 1. The molecule has 0 spiro atoms. The molecule has 1 heterocycles. The Morgan fingerprint density at radius 2 is 1.88 bits per heavy atom. The number of nitrogens with two attached hydrogens (primary N) is 1. The molecule has 10 heteroatoms. The molecule has 0 amide bonds. The van der Waals surface area contributed by atoms with E-state index in [0.717, 1.165) is 6.07 Å². The summed E-state index contributed by atoms with van der Waals surface area (Å²) in [6.07, 6.45) is 0. The first-order valence-corrected chi connectivity index (χ1v) is 10.8. The lowest BCUT2D eigenvalue weighted by atomic mass is 10.2. The zero-order valence-electron chi connectivity index (χ0n) is 13.1. The third-order valence-corrected chi connectivity index (χ3v) is 5.54. The van der Waals surface area contributed by atoms with Crippen molar-refractivity contribution >= 4 is 55.3 Å². The highest BCUT2D eigenvalue weighted by Gasteiger charge is 2.18. The Labute approximate surface area is 160 Å². The molecule has 2 N–H and O–H groups in total. The first-order chi connectivity index (χ1) is 11.9. The predicted molar refractivity (Wildman–Crippen MR) is 102 cm³/mol. The third-order valence-electron chi connectivity index (χ3n) is 3.30. The van der Waals surface area contributed by atoms with E-state index in [4.69, 9.17) is 33.1 Å². The number of halogens is 3. The summed E-state index contributed by atoms with van der Waals surface area (Å²) in [6, 6.07) is 5.47. The molecule has 0 atom stereocenters. The van der Waals surface area contributed by atoms with E-state index in [1.807, 2.05) is 0 Å². The molecule has 1 aromatic carbocycles. The van der Waals surface area contributed by atoms with Gasteiger partial charge in [0.05, 0.1) is 10.7 Å². The Morgan fingerprint density at radius 3 is 2.40 bits per heavy atom. The summed E-state index contributed by atoms with van der Waals surface area (Å²) in [7, 11) is -3.95. The quantitative estimate of drug-likeness (QED) is 0.489. The highest BCUT2D eigenvalue weighted by Crippen LogP contribution is 2.27. The number of thiophene rings is 1. The molecule has 0 saturated carbocycles. The van der Waals surface area contributed by atoms with Crippen LogP contribution in [0.15, 0.2) is 29.6 Å². The van der Waals surface area contributed by atoms with E-state index >= 15 is 0 Å². The number of benzene rings is 1. The van der Waals surface area contributed by atoms with E-state index in [2.05, 4.69) is 0 Å². The Bertz CT molecular complexity index is 809. The summed E-state index contributed by atoms with van der Waals surface area (Å²) in [5.74, 6) is -0.475. The van der Waals surface area contributed by atoms with E-state index in [0.29, 0.717) is 35.4 Å². The van der Waals surface area contributed by atoms with Gasteiger partial charge in [-0.1, -0.05) is 0 Å². The van der Waals surface area contributed by atoms with Crippen LogP contribution in [0.4, 0.5) is 15.1 Å². The van der Waals surface area contributed by atoms with E-state index < -0.39 is 15.9 Å². The van der Waals surface area contributed by atoms with Gasteiger partial charge < -0.3 is 14.8 Å². The second kappa shape index (κ2) is 8.93. The number of nitrogen functional groups attached to an aromatic ring is 1. The van der Waals surface area contributed by atoms with Crippen molar-refractivity contribution in [3.8, 4) is 5.75 Å². The molecule has 5 nitrogen and oxygen atoms in total. The monoisotopic (exact) mass is 426 g/mol. The highest BCUT2D eigenvalue weighted by molar-refractivity contribution is 7.86. The van der Waals surface area contributed by atoms with Crippen molar-refractivity contribution in [3.05, 3.63) is 41.0 Å². The van der Waals surface area contributed by atoms with Crippen LogP contribution in [0.25, 0.3) is 0 Å². The van der Waals surface area contributed by atoms with Gasteiger partial charge in [0.1, 0.15) is 17.3 Å². The Balaban J connectivity index is 2.15. The Hall–Kier alpha value is -1.22. The number of nitrogens with zero attached hydrogens (tertiary/aromatic N) is 1. The summed E-state index contributed by atoms with van der Waals surface area (Å²) in [4.78, 5) is 1.68. The SMILES string of the molecule is Nc1sccc1CS(=O)(=O)Oc1ccc(N(CCCl)CCCl)c(F)c1. The smallest absolute Gasteiger partial charge is 0.313 e. The predicted octanol–water partition coefficient (Wildman–Crippen LogP) is 3.66. The molecule has 0 aliphatic rings. The lowest BCUT2D eigenvalue weighted by molar-refractivity contribution is 0.482. The molecule has 0 fully saturated rings. The van der Waals surface area contributed by atoms with Gasteiger partial charge in [-0.25, -0.2) is 4.39 Å². The van der Waals surface area contributed by atoms with Crippen LogP contribution in [0.1, 0.15) is 5.56 Å². The minimum absolute atomic E-state index is 0.105. The Morgan fingerprint density at radius 1 is 1.20 bits per heavy atom. The first kappa shape index (κ1) is 20.1. The molecule has 0 aliphatic heterocycles. The molecule has 0 aliphatic carbocycles. The van der Waals surface area contributed by atoms with E-state index in [-0.39, 0.29) is 17.2 Å². The maximum absolute atomic E-state index is 14.3. The number of rotatable bonds is 9. The molecule has 0 saturated heterocycles. The molecule has 1 aromatic heterocycles. The van der Waals surface area contributed by atoms with Gasteiger partial charge in [0.15, 0.2) is 0 Å². The lowest BCUT2D eigenvalue weighted by Gasteiger charge is -2.23. The standard InChI is InChI=1S/C15H17Cl2FN2O3S2/c16-4-6-20(7-5-17)14-2-1-12(9-13(14)18)23-25(21,22)10-11-3-8-24-15(11)19/h1-3,8-9H,4-7,10,19H2. The van der Waals surface area contributed by atoms with E-state index in [1.165, 1.54) is 23.5 Å². The molecular formula is C15H17Cl2FN2O3S2. The molecule has 2 aromatic rings. The minimum Gasteiger partial charge on any atom is -0.390 e. The first-order valence-electron chi connectivity index (χ1n) is 7.26. The van der Waals surface area contributed by atoms with Gasteiger partial charge in [0.2, 0.25) is 0 Å². The van der Waals surface area contributed by atoms with Crippen molar-refractivity contribution in [1.82, 2.24) is 0 Å². The van der Waals surface area contributed by atoms with Crippen LogP contribution in [0.2, 0.25) is 0 Å². The molecule has 2 rings (SSSR count). The van der Waals surface area contributed by atoms with Crippen LogP contribution >= 0.6 is 34.5 Å². The molecule has 0 bridgehead atoms. The molecular weight excluding hydrogens is 410 g/mol. The summed E-state index contributed by atoms with van der Waals surface area (Å²) in [5, 5.41) is 2.10. The van der Waals surface area contributed by atoms with Crippen molar-refractivity contribution in [3.63, 3.8) is 0 Å². The van der Waals surface area contributed by atoms with Gasteiger partial charge in [0, 0.05) is 36.5 Å². The maximum atomic E-state index is 14.3. The highest BCUT2D eigenvalue weighted by atomic mass is 35.5. The fourth-order valence-corrected chi connectivity index (χ4v) is 4.44. The molecule has 0 radical (unpaired) electrons. The third kappa shape index (κ3) is 5.64. The second-order valence-electron chi connectivity index (χ2n) is 5.07. The van der Waals surface area contributed by atoms with Crippen molar-refractivity contribution < 1.29 is 17.0 Å². The summed E-state index contributed by atoms with van der Waals surface area (Å²) >= 11 is 12.7. The van der Waals surface area contributed by atoms with E-state index in [1.54, 1.807) is 16.3 Å². The zero-order valence-corrected chi connectivity index (χ0v) is 16.3. The summed E-state index contributed by atoms with van der Waals surface area (Å²) < 4.78 is 43.5. The van der Waals surface area contributed by atoms with Crippen LogP contribution in [-0.4, -0.2) is 33.3 Å². The largest absolute Gasteiger partial charge is 0.390 e. The topological polar surface area (TPSA) is 72.6 Å². The number of hydrogen-bond acceptors (Lipinski definition) is 6. The summed E-state index contributed by atoms with van der Waals surface area (Å²) in [6.45, 7) is 0.836. The normalized spacial score (nSPS) is 11.5. The molecule has 0 unspecified atom stereocenters. The number of alkyl halides is 2. The van der Waals surface area contributed by atoms with Gasteiger partial charge in [-0.3, -0.25) is 0 Å². The second-order valence-corrected chi connectivity index (χ2v) is 8.35. The van der Waals surface area contributed by atoms with Gasteiger partial charge in [-0.05, 0) is 23.6 Å². The van der Waals surface area contributed by atoms with Gasteiger partial charge in [-0.2, -0.15) is 8.42 Å². The van der Waals surface area contributed by atoms with Gasteiger partial charge in [-0.15, -0.1) is 34.5 Å². The van der Waals surface area contributed by atoms with Crippen molar-refractivity contribution in [1.29, 1.82) is 0 Å². The zero-order chi connectivity index (χ0) is 18.4. The lowest BCUT2D eigenvalue weighted by Crippen LogP contribution is -2.28. The average Bonchev–Trinajstić information content (AvgIpc) is 2.91. The number of anilines is 2. The molecule has 25 heavy (non-hydrogen) atoms. The van der Waals surface area contributed by atoms with E-state index in [9.17, 15) is 12.8 Å². The fourth-order valence-electron chi connectivity index (χ4n) is 2.19. The maximum Gasteiger partial charge on any atom is 0.313 e. The Kier molecular flexibility index (Phi) is 7.18.